The second kappa shape index (κ2) is 12.8. The fourth-order valence-electron chi connectivity index (χ4n) is 5.17. The molecule has 0 saturated heterocycles. The van der Waals surface area contributed by atoms with E-state index < -0.39 is 39.4 Å². The van der Waals surface area contributed by atoms with E-state index >= 15 is 0 Å². The van der Waals surface area contributed by atoms with Gasteiger partial charge in [0.25, 0.3) is 5.56 Å². The van der Waals surface area contributed by atoms with Crippen molar-refractivity contribution in [2.75, 3.05) is 17.7 Å². The Morgan fingerprint density at radius 1 is 1.09 bits per heavy atom. The first-order chi connectivity index (χ1) is 21.8. The first-order valence-electron chi connectivity index (χ1n) is 13.6. The first kappa shape index (κ1) is 32.4. The Kier molecular flexibility index (Phi) is 8.99. The van der Waals surface area contributed by atoms with Crippen LogP contribution in [0.4, 0.5) is 19.4 Å². The van der Waals surface area contributed by atoms with Crippen LogP contribution in [0.3, 0.4) is 0 Å². The highest BCUT2D eigenvalue weighted by atomic mass is 35.5. The maximum atomic E-state index is 14.0. The number of carbonyl (C=O) groups is 1. The Balaban J connectivity index is 1.70. The molecule has 1 atom stereocenters. The fourth-order valence-corrected chi connectivity index (χ4v) is 6.23. The van der Waals surface area contributed by atoms with Crippen molar-refractivity contribution in [1.82, 2.24) is 24.6 Å². The van der Waals surface area contributed by atoms with E-state index in [2.05, 4.69) is 15.4 Å². The van der Waals surface area contributed by atoms with Crippen molar-refractivity contribution >= 4 is 44.4 Å². The van der Waals surface area contributed by atoms with Gasteiger partial charge in [0.1, 0.15) is 23.2 Å². The molecule has 16 heteroatoms. The van der Waals surface area contributed by atoms with Gasteiger partial charge in [0, 0.05) is 31.8 Å². The molecule has 5 aromatic rings. The predicted octanol–water partition coefficient (Wildman–Crippen LogP) is 4.58. The number of nitrogens with zero attached hydrogens (tertiary/aromatic N) is 5. The van der Waals surface area contributed by atoms with E-state index in [4.69, 9.17) is 16.3 Å². The van der Waals surface area contributed by atoms with E-state index in [9.17, 15) is 31.9 Å². The summed E-state index contributed by atoms with van der Waals surface area (Å²) in [6.07, 6.45) is 0.460. The zero-order chi connectivity index (χ0) is 33.3. The van der Waals surface area contributed by atoms with E-state index in [0.29, 0.717) is 17.4 Å². The van der Waals surface area contributed by atoms with Crippen molar-refractivity contribution in [3.8, 4) is 11.4 Å². The van der Waals surface area contributed by atoms with Gasteiger partial charge < -0.3 is 15.2 Å². The topological polar surface area (TPSA) is 149 Å². The second-order valence-corrected chi connectivity index (χ2v) is 12.6. The van der Waals surface area contributed by atoms with E-state index in [0.717, 1.165) is 33.3 Å². The van der Waals surface area contributed by atoms with Gasteiger partial charge in [0.15, 0.2) is 5.82 Å². The van der Waals surface area contributed by atoms with Crippen LogP contribution in [-0.4, -0.2) is 52.3 Å². The Hall–Kier alpha value is -5.02. The van der Waals surface area contributed by atoms with Gasteiger partial charge in [-0.05, 0) is 47.5 Å². The summed E-state index contributed by atoms with van der Waals surface area (Å²) < 4.78 is 63.0. The summed E-state index contributed by atoms with van der Waals surface area (Å²) in [5.41, 5.74) is 0.478. The molecule has 2 aromatic heterocycles. The summed E-state index contributed by atoms with van der Waals surface area (Å²) in [6, 6.07) is 12.4. The Bertz CT molecular complexity index is 2100. The van der Waals surface area contributed by atoms with E-state index in [-0.39, 0.29) is 51.8 Å². The lowest BCUT2D eigenvalue weighted by Gasteiger charge is -2.22. The van der Waals surface area contributed by atoms with Crippen molar-refractivity contribution < 1.29 is 31.8 Å². The monoisotopic (exact) mass is 672 g/mol. The molecule has 2 N–H and O–H groups in total. The molecular weight excluding hydrogens is 646 g/mol. The van der Waals surface area contributed by atoms with Gasteiger partial charge in [-0.1, -0.05) is 23.7 Å². The fraction of sp³-hybridized carbons (Fsp3) is 0.200. The minimum atomic E-state index is -3.94. The molecule has 0 fully saturated rings. The molecule has 2 heterocycles. The van der Waals surface area contributed by atoms with Crippen LogP contribution in [0, 0.1) is 11.6 Å². The molecule has 5 rings (SSSR count). The quantitative estimate of drug-likeness (QED) is 0.219. The smallest absolute Gasteiger partial charge is 0.405 e. The lowest BCUT2D eigenvalue weighted by Crippen LogP contribution is -2.34. The summed E-state index contributed by atoms with van der Waals surface area (Å²) in [4.78, 5) is 29.6. The lowest BCUT2D eigenvalue weighted by atomic mass is 10.0. The molecule has 0 radical (unpaired) electrons. The molecule has 0 saturated carbocycles. The summed E-state index contributed by atoms with van der Waals surface area (Å²) in [7, 11) is -0.897. The summed E-state index contributed by atoms with van der Waals surface area (Å²) in [5.74, 6) is -1.27. The normalized spacial score (nSPS) is 12.2. The van der Waals surface area contributed by atoms with Crippen LogP contribution in [0.25, 0.3) is 16.6 Å². The number of rotatable bonds is 10. The molecule has 0 bridgehead atoms. The van der Waals surface area contributed by atoms with Crippen LogP contribution in [0.1, 0.15) is 23.0 Å². The zero-order valence-electron chi connectivity index (χ0n) is 24.6. The number of hydrogen-bond acceptors (Lipinski definition) is 7. The number of methoxy groups -OCH3 is 1. The van der Waals surface area contributed by atoms with Gasteiger partial charge in [0.2, 0.25) is 10.0 Å². The molecular formula is C30H27ClF2N6O6S. The molecule has 1 amide bonds. The van der Waals surface area contributed by atoms with Crippen LogP contribution in [0.15, 0.2) is 71.7 Å². The third kappa shape index (κ3) is 6.65. The van der Waals surface area contributed by atoms with Gasteiger partial charge in [-0.15, -0.1) is 0 Å². The van der Waals surface area contributed by atoms with Gasteiger partial charge >= 0.3 is 6.09 Å². The van der Waals surface area contributed by atoms with Crippen LogP contribution in [0.5, 0.6) is 5.75 Å². The SMILES string of the molecule is COc1ccc(CN(c2nn(C)c3c(-n4c([C@H](Cc5cc(F)cc(F)c5)NC(=O)O)nccc4=O)ccc(Cl)c23)S(C)(=O)=O)cc1. The number of carboxylic acid groups (broad SMARTS) is 1. The van der Waals surface area contributed by atoms with Gasteiger partial charge in [-0.25, -0.2) is 31.3 Å². The van der Waals surface area contributed by atoms with Crippen LogP contribution >= 0.6 is 11.6 Å². The Morgan fingerprint density at radius 2 is 1.76 bits per heavy atom. The highest BCUT2D eigenvalue weighted by molar-refractivity contribution is 7.92. The lowest BCUT2D eigenvalue weighted by molar-refractivity contribution is 0.189. The number of halogens is 3. The number of anilines is 1. The largest absolute Gasteiger partial charge is 0.497 e. The van der Waals surface area contributed by atoms with E-state index in [1.807, 2.05) is 0 Å². The second-order valence-electron chi connectivity index (χ2n) is 10.3. The minimum absolute atomic E-state index is 0.0170. The van der Waals surface area contributed by atoms with Gasteiger partial charge in [0.05, 0.1) is 47.6 Å². The standard InChI is InChI=1S/C30H27ClF2N6O6S/c1-37-27-24(39-25(40)10-11-34-28(39)23(35-30(41)42)14-18-12-19(32)15-20(33)13-18)9-8-22(31)26(27)29(36-37)38(46(3,43)44)16-17-4-6-21(45-2)7-5-17/h4-13,15,23,35H,14,16H2,1-3H3,(H,41,42)/t23-/m0/s1. The van der Waals surface area contributed by atoms with Crippen molar-refractivity contribution in [2.24, 2.45) is 7.05 Å². The number of hydrogen-bond donors (Lipinski definition) is 2. The van der Waals surface area contributed by atoms with Crippen LogP contribution in [0.2, 0.25) is 5.02 Å². The van der Waals surface area contributed by atoms with Crippen molar-refractivity contribution in [3.63, 3.8) is 0 Å². The molecule has 0 aliphatic heterocycles. The van der Waals surface area contributed by atoms with Gasteiger partial charge in [-0.2, -0.15) is 5.10 Å². The van der Waals surface area contributed by atoms with Crippen LogP contribution in [-0.2, 0) is 30.0 Å². The predicted molar refractivity (Wildman–Crippen MR) is 167 cm³/mol. The maximum Gasteiger partial charge on any atom is 0.405 e. The molecule has 0 aliphatic rings. The molecule has 3 aromatic carbocycles. The molecule has 0 unspecified atom stereocenters. The number of fused-ring (bicyclic) bond motifs is 1. The molecule has 0 spiro atoms. The van der Waals surface area contributed by atoms with Crippen molar-refractivity contribution in [2.45, 2.75) is 19.0 Å². The average molecular weight is 673 g/mol. The summed E-state index contributed by atoms with van der Waals surface area (Å²) in [6.45, 7) is -0.109. The Morgan fingerprint density at radius 3 is 2.37 bits per heavy atom. The minimum Gasteiger partial charge on any atom is -0.497 e. The number of nitrogens with one attached hydrogen (secondary N) is 1. The van der Waals surface area contributed by atoms with Crippen molar-refractivity contribution in [1.29, 1.82) is 0 Å². The van der Waals surface area contributed by atoms with Crippen molar-refractivity contribution in [3.05, 3.63) is 111 Å². The third-order valence-corrected chi connectivity index (χ3v) is 8.52. The van der Waals surface area contributed by atoms with Gasteiger partial charge in [-0.3, -0.25) is 14.0 Å². The molecule has 46 heavy (non-hydrogen) atoms. The highest BCUT2D eigenvalue weighted by Crippen LogP contribution is 2.38. The Labute approximate surface area is 266 Å². The average Bonchev–Trinajstić information content (AvgIpc) is 3.32. The molecule has 0 aliphatic carbocycles. The number of ether oxygens (including phenoxy) is 1. The number of sulfonamides is 1. The summed E-state index contributed by atoms with van der Waals surface area (Å²) >= 11 is 6.66. The third-order valence-electron chi connectivity index (χ3n) is 7.11. The first-order valence-corrected chi connectivity index (χ1v) is 15.8. The zero-order valence-corrected chi connectivity index (χ0v) is 26.2. The number of aryl methyl sites for hydroxylation is 1. The van der Waals surface area contributed by atoms with Crippen LogP contribution < -0.4 is 19.9 Å². The van der Waals surface area contributed by atoms with E-state index in [1.165, 1.54) is 37.2 Å². The maximum absolute atomic E-state index is 14.0. The summed E-state index contributed by atoms with van der Waals surface area (Å²) in [5, 5.41) is 16.7. The highest BCUT2D eigenvalue weighted by Gasteiger charge is 2.29. The number of benzene rings is 3. The molecule has 240 valence electrons. The van der Waals surface area contributed by atoms with E-state index in [1.54, 1.807) is 24.3 Å². The number of aromatic nitrogens is 4. The number of amides is 1. The molecule has 12 nitrogen and oxygen atoms in total.